The number of rotatable bonds is 2. The highest BCUT2D eigenvalue weighted by Crippen LogP contribution is 2.44. The molecule has 0 N–H and O–H groups in total. The largest absolute Gasteiger partial charge is 0.192 e. The minimum atomic E-state index is 0.613. The molecule has 0 bridgehead atoms. The first-order chi connectivity index (χ1) is 23.7. The maximum atomic E-state index is 9.25. The second-order valence-electron chi connectivity index (χ2n) is 11.6. The summed E-state index contributed by atoms with van der Waals surface area (Å²) in [4.78, 5) is 0. The lowest BCUT2D eigenvalue weighted by atomic mass is 9.84. The van der Waals surface area contributed by atoms with Crippen molar-refractivity contribution >= 4 is 32.3 Å². The molecular weight excluding hydrogens is 581 g/mol. The quantitative estimate of drug-likeness (QED) is 0.146. The lowest BCUT2D eigenvalue weighted by molar-refractivity contribution is 1.48. The standard InChI is InChI=1S/C46H24N2/c47-29-33-15-11-31(12-16-33)19-21-37-27-43(35-7-3-1-4-8-35)41-25-23-40-38(22-20-32-13-17-34(30-48)18-14-32)28-44(36-9-5-2-6-10-36)42-26-24-39(37)45(41)46(40)42/h1-18,23-28H. The van der Waals surface area contributed by atoms with Gasteiger partial charge in [-0.3, -0.25) is 0 Å². The summed E-state index contributed by atoms with van der Waals surface area (Å²) in [7, 11) is 0. The predicted molar refractivity (Wildman–Crippen MR) is 195 cm³/mol. The summed E-state index contributed by atoms with van der Waals surface area (Å²) in [6, 6.07) is 53.3. The van der Waals surface area contributed by atoms with E-state index in [9.17, 15) is 10.5 Å². The van der Waals surface area contributed by atoms with Gasteiger partial charge in [0.05, 0.1) is 23.3 Å². The summed E-state index contributed by atoms with van der Waals surface area (Å²) in [5, 5.41) is 25.3. The molecule has 0 spiro atoms. The lowest BCUT2D eigenvalue weighted by Crippen LogP contribution is -1.94. The Labute approximate surface area is 279 Å². The highest BCUT2D eigenvalue weighted by atomic mass is 14.2. The number of benzene rings is 8. The number of nitriles is 2. The molecule has 48 heavy (non-hydrogen) atoms. The first kappa shape index (κ1) is 28.4. The molecule has 0 aliphatic heterocycles. The Bertz CT molecular complexity index is 2510. The molecule has 0 aliphatic carbocycles. The van der Waals surface area contributed by atoms with E-state index in [1.165, 1.54) is 0 Å². The zero-order chi connectivity index (χ0) is 32.5. The van der Waals surface area contributed by atoms with Crippen molar-refractivity contribution < 1.29 is 0 Å². The third kappa shape index (κ3) is 5.08. The van der Waals surface area contributed by atoms with Crippen molar-refractivity contribution in [3.63, 3.8) is 0 Å². The van der Waals surface area contributed by atoms with Crippen molar-refractivity contribution in [3.8, 4) is 58.1 Å². The Morgan fingerprint density at radius 3 is 1.06 bits per heavy atom. The molecule has 2 nitrogen and oxygen atoms in total. The highest BCUT2D eigenvalue weighted by molar-refractivity contribution is 6.29. The predicted octanol–water partition coefficient (Wildman–Crippen LogP) is 10.5. The average molecular weight is 605 g/mol. The van der Waals surface area contributed by atoms with Gasteiger partial charge in [-0.25, -0.2) is 0 Å². The number of hydrogen-bond donors (Lipinski definition) is 0. The normalized spacial score (nSPS) is 10.5. The van der Waals surface area contributed by atoms with Gasteiger partial charge in [0.15, 0.2) is 0 Å². The fraction of sp³-hybridized carbons (Fsp3) is 0. The second kappa shape index (κ2) is 12.0. The van der Waals surface area contributed by atoms with Crippen LogP contribution < -0.4 is 0 Å². The molecule has 0 saturated heterocycles. The fourth-order valence-electron chi connectivity index (χ4n) is 6.45. The van der Waals surface area contributed by atoms with Crippen LogP contribution in [-0.4, -0.2) is 0 Å². The summed E-state index contributed by atoms with van der Waals surface area (Å²) in [6.45, 7) is 0. The maximum absolute atomic E-state index is 9.25. The number of nitrogens with zero attached hydrogens (tertiary/aromatic N) is 2. The number of hydrogen-bond acceptors (Lipinski definition) is 2. The van der Waals surface area contributed by atoms with Crippen molar-refractivity contribution in [3.05, 3.63) is 179 Å². The van der Waals surface area contributed by atoms with Crippen LogP contribution in [0.2, 0.25) is 0 Å². The monoisotopic (exact) mass is 604 g/mol. The van der Waals surface area contributed by atoms with E-state index < -0.39 is 0 Å². The molecule has 0 atom stereocenters. The van der Waals surface area contributed by atoms with Crippen LogP contribution in [0.5, 0.6) is 0 Å². The van der Waals surface area contributed by atoms with Gasteiger partial charge in [-0.2, -0.15) is 10.5 Å². The molecule has 8 rings (SSSR count). The first-order valence-corrected chi connectivity index (χ1v) is 15.6. The maximum Gasteiger partial charge on any atom is 0.0991 e. The third-order valence-corrected chi connectivity index (χ3v) is 8.78. The van der Waals surface area contributed by atoms with E-state index in [-0.39, 0.29) is 0 Å². The van der Waals surface area contributed by atoms with Crippen molar-refractivity contribution in [1.29, 1.82) is 10.5 Å². The van der Waals surface area contributed by atoms with Crippen molar-refractivity contribution in [2.45, 2.75) is 0 Å². The van der Waals surface area contributed by atoms with Crippen molar-refractivity contribution in [2.75, 3.05) is 0 Å². The van der Waals surface area contributed by atoms with Crippen LogP contribution in [0.1, 0.15) is 33.4 Å². The molecule has 0 unspecified atom stereocenters. The van der Waals surface area contributed by atoms with Gasteiger partial charge in [-0.05, 0) is 115 Å². The molecule has 8 aromatic rings. The van der Waals surface area contributed by atoms with Crippen LogP contribution in [-0.2, 0) is 0 Å². The van der Waals surface area contributed by atoms with E-state index in [1.54, 1.807) is 24.3 Å². The Hall–Kier alpha value is -7.10. The summed E-state index contributed by atoms with van der Waals surface area (Å²) in [5.41, 5.74) is 9.31. The third-order valence-electron chi connectivity index (χ3n) is 8.78. The smallest absolute Gasteiger partial charge is 0.0991 e. The molecule has 0 saturated carbocycles. The van der Waals surface area contributed by atoms with Crippen molar-refractivity contribution in [1.82, 2.24) is 0 Å². The van der Waals surface area contributed by atoms with Gasteiger partial charge in [0.25, 0.3) is 0 Å². The highest BCUT2D eigenvalue weighted by Gasteiger charge is 2.19. The molecule has 0 heterocycles. The molecule has 0 amide bonds. The summed E-state index contributed by atoms with van der Waals surface area (Å²) >= 11 is 0. The Balaban J connectivity index is 1.45. The first-order valence-electron chi connectivity index (χ1n) is 15.6. The van der Waals surface area contributed by atoms with Crippen LogP contribution in [0.25, 0.3) is 54.6 Å². The van der Waals surface area contributed by atoms with Gasteiger partial charge in [0, 0.05) is 22.3 Å². The Morgan fingerprint density at radius 1 is 0.333 bits per heavy atom. The minimum Gasteiger partial charge on any atom is -0.192 e. The lowest BCUT2D eigenvalue weighted by Gasteiger charge is -2.19. The topological polar surface area (TPSA) is 47.6 Å². The van der Waals surface area contributed by atoms with Crippen molar-refractivity contribution in [2.24, 2.45) is 0 Å². The van der Waals surface area contributed by atoms with Gasteiger partial charge in [0.1, 0.15) is 0 Å². The van der Waals surface area contributed by atoms with Crippen LogP contribution in [0, 0.1) is 46.3 Å². The molecule has 2 heteroatoms. The van der Waals surface area contributed by atoms with E-state index in [2.05, 4.69) is 121 Å². The van der Waals surface area contributed by atoms with Gasteiger partial charge in [0.2, 0.25) is 0 Å². The zero-order valence-electron chi connectivity index (χ0n) is 25.8. The average Bonchev–Trinajstić information content (AvgIpc) is 3.16. The molecule has 8 aromatic carbocycles. The van der Waals surface area contributed by atoms with E-state index >= 15 is 0 Å². The van der Waals surface area contributed by atoms with Crippen LogP contribution in [0.15, 0.2) is 146 Å². The second-order valence-corrected chi connectivity index (χ2v) is 11.6. The van der Waals surface area contributed by atoms with Crippen LogP contribution in [0.3, 0.4) is 0 Å². The van der Waals surface area contributed by atoms with E-state index in [1.807, 2.05) is 36.4 Å². The molecule has 218 valence electrons. The van der Waals surface area contributed by atoms with E-state index in [4.69, 9.17) is 0 Å². The molecular formula is C46H24N2. The van der Waals surface area contributed by atoms with E-state index in [0.717, 1.165) is 76.8 Å². The van der Waals surface area contributed by atoms with Gasteiger partial charge >= 0.3 is 0 Å². The summed E-state index contributed by atoms with van der Waals surface area (Å²) in [5.74, 6) is 13.7. The summed E-state index contributed by atoms with van der Waals surface area (Å²) in [6.07, 6.45) is 0. The van der Waals surface area contributed by atoms with Gasteiger partial charge < -0.3 is 0 Å². The van der Waals surface area contributed by atoms with Gasteiger partial charge in [-0.1, -0.05) is 109 Å². The SMILES string of the molecule is N#Cc1ccc(C#Cc2cc(-c3ccccc3)c3ccc4c(C#Cc5ccc(C#N)cc5)cc(-c5ccccc5)c5ccc2c3c45)cc1. The van der Waals surface area contributed by atoms with Crippen LogP contribution >= 0.6 is 0 Å². The summed E-state index contributed by atoms with van der Waals surface area (Å²) < 4.78 is 0. The Morgan fingerprint density at radius 2 is 0.688 bits per heavy atom. The molecule has 0 aliphatic rings. The molecule has 0 aromatic heterocycles. The fourth-order valence-corrected chi connectivity index (χ4v) is 6.45. The molecule has 0 radical (unpaired) electrons. The minimum absolute atomic E-state index is 0.613. The van der Waals surface area contributed by atoms with Gasteiger partial charge in [-0.15, -0.1) is 0 Å². The van der Waals surface area contributed by atoms with Crippen LogP contribution in [0.4, 0.5) is 0 Å². The van der Waals surface area contributed by atoms with E-state index in [0.29, 0.717) is 11.1 Å². The Kier molecular flexibility index (Phi) is 7.10. The molecule has 0 fully saturated rings. The zero-order valence-corrected chi connectivity index (χ0v) is 25.8.